The number of nitrogens with one attached hydrogen (secondary N) is 2. The molecule has 0 unspecified atom stereocenters. The fourth-order valence-electron chi connectivity index (χ4n) is 3.67. The van der Waals surface area contributed by atoms with Crippen LogP contribution in [0.2, 0.25) is 0 Å². The van der Waals surface area contributed by atoms with Gasteiger partial charge in [0.1, 0.15) is 11.7 Å². The molecule has 1 heterocycles. The molecule has 0 bridgehead atoms. The van der Waals surface area contributed by atoms with Crippen LogP contribution in [0.25, 0.3) is 0 Å². The lowest BCUT2D eigenvalue weighted by atomic mass is 10.0. The topological polar surface area (TPSA) is 62.6 Å². The first-order valence-electron chi connectivity index (χ1n) is 10.1. The Labute approximate surface area is 178 Å². The van der Waals surface area contributed by atoms with Gasteiger partial charge in [0.15, 0.2) is 0 Å². The Bertz CT molecular complexity index is 901. The van der Waals surface area contributed by atoms with Crippen LogP contribution in [-0.2, 0) is 6.18 Å². The molecule has 3 N–H and O–H groups in total. The minimum absolute atomic E-state index is 0.00203. The Kier molecular flexibility index (Phi) is 7.17. The van der Waals surface area contributed by atoms with Gasteiger partial charge in [-0.05, 0) is 62.4 Å². The van der Waals surface area contributed by atoms with E-state index in [1.54, 1.807) is 4.90 Å². The van der Waals surface area contributed by atoms with Crippen molar-refractivity contribution >= 4 is 17.2 Å². The molecular formula is C22H26F4N4O. The molecule has 2 aromatic rings. The number of halogens is 4. The molecule has 3 rings (SSSR count). The van der Waals surface area contributed by atoms with Crippen LogP contribution in [0, 0.1) is 11.2 Å². The van der Waals surface area contributed by atoms with E-state index in [1.807, 2.05) is 7.05 Å². The number of anilines is 2. The SMILES string of the molecule is CN1CCN(C(=N)c2cc(C(F)(F)F)ccc2Nc2ccc(F)cc2)C[C@@H]1CCCO. The Morgan fingerprint density at radius 2 is 1.87 bits per heavy atom. The first-order valence-corrected chi connectivity index (χ1v) is 10.1. The number of benzene rings is 2. The van der Waals surface area contributed by atoms with E-state index >= 15 is 0 Å². The number of alkyl halides is 3. The van der Waals surface area contributed by atoms with Crippen molar-refractivity contribution < 1.29 is 22.7 Å². The van der Waals surface area contributed by atoms with Gasteiger partial charge in [0, 0.05) is 49.2 Å². The molecule has 1 atom stereocenters. The standard InChI is InChI=1S/C22H26F4N4O/c1-29-10-11-30(14-18(29)3-2-12-31)21(27)19-13-15(22(24,25)26)4-9-20(19)28-17-7-5-16(23)6-8-17/h4-9,13,18,27-28,31H,2-3,10-12,14H2,1H3/t18-/m0/s1. The van der Waals surface area contributed by atoms with Crippen molar-refractivity contribution in [2.45, 2.75) is 25.1 Å². The number of rotatable bonds is 6. The van der Waals surface area contributed by atoms with Crippen LogP contribution in [0.3, 0.4) is 0 Å². The third-order valence-electron chi connectivity index (χ3n) is 5.51. The average Bonchev–Trinajstić information content (AvgIpc) is 2.74. The summed E-state index contributed by atoms with van der Waals surface area (Å²) in [5, 5.41) is 20.8. The van der Waals surface area contributed by atoms with E-state index in [-0.39, 0.29) is 24.0 Å². The quantitative estimate of drug-likeness (QED) is 0.358. The highest BCUT2D eigenvalue weighted by atomic mass is 19.4. The summed E-state index contributed by atoms with van der Waals surface area (Å²) in [6.07, 6.45) is -3.17. The summed E-state index contributed by atoms with van der Waals surface area (Å²) in [5.41, 5.74) is 0.150. The summed E-state index contributed by atoms with van der Waals surface area (Å²) in [5.74, 6) is -0.421. The number of amidine groups is 1. The molecule has 5 nitrogen and oxygen atoms in total. The van der Waals surface area contributed by atoms with Crippen molar-refractivity contribution in [2.24, 2.45) is 0 Å². The highest BCUT2D eigenvalue weighted by Gasteiger charge is 2.33. The van der Waals surface area contributed by atoms with Gasteiger partial charge in [-0.1, -0.05) is 0 Å². The van der Waals surface area contributed by atoms with Crippen LogP contribution in [0.4, 0.5) is 28.9 Å². The molecule has 0 aliphatic carbocycles. The number of hydrogen-bond acceptors (Lipinski definition) is 4. The molecule has 1 aliphatic rings. The summed E-state index contributed by atoms with van der Waals surface area (Å²) in [6.45, 7) is 1.73. The summed E-state index contributed by atoms with van der Waals surface area (Å²) in [4.78, 5) is 3.91. The predicted octanol–water partition coefficient (Wildman–Crippen LogP) is 4.30. The highest BCUT2D eigenvalue weighted by molar-refractivity contribution is 6.02. The molecule has 9 heteroatoms. The summed E-state index contributed by atoms with van der Waals surface area (Å²) < 4.78 is 53.3. The molecule has 31 heavy (non-hydrogen) atoms. The normalized spacial score (nSPS) is 17.6. The molecule has 0 amide bonds. The zero-order valence-corrected chi connectivity index (χ0v) is 17.2. The summed E-state index contributed by atoms with van der Waals surface area (Å²) in [6, 6.07) is 8.83. The van der Waals surface area contributed by atoms with E-state index in [4.69, 9.17) is 10.5 Å². The smallest absolute Gasteiger partial charge is 0.396 e. The molecule has 0 spiro atoms. The number of likely N-dealkylation sites (N-methyl/N-ethyl adjacent to an activating group) is 1. The lowest BCUT2D eigenvalue weighted by Crippen LogP contribution is -2.53. The maximum atomic E-state index is 13.4. The van der Waals surface area contributed by atoms with Crippen molar-refractivity contribution in [3.05, 3.63) is 59.4 Å². The maximum Gasteiger partial charge on any atom is 0.416 e. The number of hydrogen-bond donors (Lipinski definition) is 3. The Morgan fingerprint density at radius 3 is 2.52 bits per heavy atom. The number of nitrogens with zero attached hydrogens (tertiary/aromatic N) is 2. The third kappa shape index (κ3) is 5.74. The fraction of sp³-hybridized carbons (Fsp3) is 0.409. The number of aliphatic hydroxyl groups excluding tert-OH is 1. The fourth-order valence-corrected chi connectivity index (χ4v) is 3.67. The Morgan fingerprint density at radius 1 is 1.16 bits per heavy atom. The van der Waals surface area contributed by atoms with E-state index in [9.17, 15) is 17.6 Å². The van der Waals surface area contributed by atoms with Crippen LogP contribution in [-0.4, -0.2) is 60.1 Å². The minimum Gasteiger partial charge on any atom is -0.396 e. The first-order chi connectivity index (χ1) is 14.7. The van der Waals surface area contributed by atoms with Gasteiger partial charge in [0.2, 0.25) is 0 Å². The largest absolute Gasteiger partial charge is 0.416 e. The van der Waals surface area contributed by atoms with E-state index in [1.165, 1.54) is 30.3 Å². The van der Waals surface area contributed by atoms with E-state index < -0.39 is 17.6 Å². The molecule has 1 saturated heterocycles. The van der Waals surface area contributed by atoms with Crippen LogP contribution in [0.5, 0.6) is 0 Å². The zero-order chi connectivity index (χ0) is 22.6. The van der Waals surface area contributed by atoms with Crippen molar-refractivity contribution in [1.82, 2.24) is 9.80 Å². The van der Waals surface area contributed by atoms with Gasteiger partial charge >= 0.3 is 6.18 Å². The molecule has 1 aliphatic heterocycles. The molecule has 1 fully saturated rings. The van der Waals surface area contributed by atoms with Gasteiger partial charge in [-0.15, -0.1) is 0 Å². The maximum absolute atomic E-state index is 13.4. The molecule has 0 radical (unpaired) electrons. The molecular weight excluding hydrogens is 412 g/mol. The first kappa shape index (κ1) is 23.0. The van der Waals surface area contributed by atoms with Crippen LogP contribution in [0.1, 0.15) is 24.0 Å². The van der Waals surface area contributed by atoms with Gasteiger partial charge in [-0.3, -0.25) is 10.3 Å². The van der Waals surface area contributed by atoms with Crippen LogP contribution in [0.15, 0.2) is 42.5 Å². The van der Waals surface area contributed by atoms with E-state index in [0.717, 1.165) is 18.6 Å². The minimum atomic E-state index is -4.53. The van der Waals surface area contributed by atoms with Crippen LogP contribution >= 0.6 is 0 Å². The summed E-state index contributed by atoms with van der Waals surface area (Å²) in [7, 11) is 1.97. The lowest BCUT2D eigenvalue weighted by molar-refractivity contribution is -0.137. The second-order valence-electron chi connectivity index (χ2n) is 7.68. The van der Waals surface area contributed by atoms with E-state index in [0.29, 0.717) is 37.4 Å². The second-order valence-corrected chi connectivity index (χ2v) is 7.68. The van der Waals surface area contributed by atoms with E-state index in [2.05, 4.69) is 10.2 Å². The van der Waals surface area contributed by atoms with Gasteiger partial charge in [0.25, 0.3) is 0 Å². The number of aliphatic hydroxyl groups is 1. The molecule has 168 valence electrons. The zero-order valence-electron chi connectivity index (χ0n) is 17.2. The third-order valence-corrected chi connectivity index (χ3v) is 5.51. The van der Waals surface area contributed by atoms with Gasteiger partial charge in [-0.25, -0.2) is 4.39 Å². The van der Waals surface area contributed by atoms with Crippen molar-refractivity contribution in [3.8, 4) is 0 Å². The van der Waals surface area contributed by atoms with Gasteiger partial charge < -0.3 is 15.3 Å². The van der Waals surface area contributed by atoms with Crippen LogP contribution < -0.4 is 5.32 Å². The second kappa shape index (κ2) is 9.65. The summed E-state index contributed by atoms with van der Waals surface area (Å²) >= 11 is 0. The highest BCUT2D eigenvalue weighted by Crippen LogP contribution is 2.33. The molecule has 2 aromatic carbocycles. The van der Waals surface area contributed by atoms with Gasteiger partial charge in [0.05, 0.1) is 5.56 Å². The van der Waals surface area contributed by atoms with Crippen molar-refractivity contribution in [2.75, 3.05) is 38.6 Å². The average molecular weight is 438 g/mol. The number of piperazine rings is 1. The molecule has 0 saturated carbocycles. The Balaban J connectivity index is 1.90. The Hall–Kier alpha value is -2.65. The predicted molar refractivity (Wildman–Crippen MR) is 112 cm³/mol. The monoisotopic (exact) mass is 438 g/mol. The van der Waals surface area contributed by atoms with Crippen molar-refractivity contribution in [1.29, 1.82) is 5.41 Å². The molecule has 0 aromatic heterocycles. The van der Waals surface area contributed by atoms with Crippen molar-refractivity contribution in [3.63, 3.8) is 0 Å². The van der Waals surface area contributed by atoms with Gasteiger partial charge in [-0.2, -0.15) is 13.2 Å². The lowest BCUT2D eigenvalue weighted by Gasteiger charge is -2.41.